The van der Waals surface area contributed by atoms with E-state index in [0.717, 1.165) is 23.4 Å². The predicted molar refractivity (Wildman–Crippen MR) is 145 cm³/mol. The summed E-state index contributed by atoms with van der Waals surface area (Å²) in [5.41, 5.74) is 1.50. The molecule has 1 N–H and O–H groups in total. The first-order valence-corrected chi connectivity index (χ1v) is 13.8. The van der Waals surface area contributed by atoms with Crippen molar-refractivity contribution in [1.82, 2.24) is 5.01 Å². The Bertz CT molecular complexity index is 1420. The van der Waals surface area contributed by atoms with Crippen molar-refractivity contribution in [2.45, 2.75) is 31.6 Å². The van der Waals surface area contributed by atoms with Crippen molar-refractivity contribution in [2.75, 3.05) is 7.11 Å². The van der Waals surface area contributed by atoms with Crippen molar-refractivity contribution in [3.8, 4) is 11.5 Å². The van der Waals surface area contributed by atoms with Gasteiger partial charge in [0, 0.05) is 0 Å². The Labute approximate surface area is 221 Å². The average molecular weight is 624 g/mol. The van der Waals surface area contributed by atoms with Crippen LogP contribution in [0.15, 0.2) is 57.0 Å². The number of rotatable bonds is 7. The Morgan fingerprint density at radius 2 is 1.94 bits per heavy atom. The van der Waals surface area contributed by atoms with Crippen LogP contribution in [0.5, 0.6) is 11.5 Å². The van der Waals surface area contributed by atoms with Crippen molar-refractivity contribution in [2.24, 2.45) is 10.1 Å². The highest BCUT2D eigenvalue weighted by Gasteiger charge is 2.35. The lowest BCUT2D eigenvalue weighted by molar-refractivity contribution is -0.114. The monoisotopic (exact) mass is 624 g/mol. The number of amidine groups is 2. The molecule has 182 valence electrons. The SMILES string of the molecule is CCCC1=NN2C(=N)/C(=C\c3cc(I)c(OS(=O)(=O)c4ccc(C)cc4)c(OC)c3)C(=O)N=C2S1. The molecule has 0 saturated heterocycles. The molecule has 2 heterocycles. The van der Waals surface area contributed by atoms with Gasteiger partial charge in [0.25, 0.3) is 5.91 Å². The van der Waals surface area contributed by atoms with Gasteiger partial charge in [-0.3, -0.25) is 10.2 Å². The normalized spacial score (nSPS) is 16.8. The molecule has 9 nitrogen and oxygen atoms in total. The highest BCUT2D eigenvalue weighted by atomic mass is 127. The maximum Gasteiger partial charge on any atom is 0.339 e. The topological polar surface area (TPSA) is 121 Å². The van der Waals surface area contributed by atoms with Crippen LogP contribution in [0.4, 0.5) is 0 Å². The number of thioether (sulfide) groups is 1. The van der Waals surface area contributed by atoms with Crippen molar-refractivity contribution in [3.05, 3.63) is 56.7 Å². The molecule has 0 atom stereocenters. The molecule has 2 aromatic carbocycles. The van der Waals surface area contributed by atoms with Crippen molar-refractivity contribution < 1.29 is 22.1 Å². The number of hydrogen-bond donors (Lipinski definition) is 1. The number of fused-ring (bicyclic) bond motifs is 1. The molecule has 2 aliphatic heterocycles. The fourth-order valence-electron chi connectivity index (χ4n) is 3.28. The number of nitrogens with one attached hydrogen (secondary N) is 1. The third-order valence-corrected chi connectivity index (χ3v) is 8.03. The van der Waals surface area contributed by atoms with E-state index in [2.05, 4.69) is 10.1 Å². The van der Waals surface area contributed by atoms with Gasteiger partial charge in [-0.25, -0.2) is 0 Å². The van der Waals surface area contributed by atoms with E-state index < -0.39 is 16.0 Å². The van der Waals surface area contributed by atoms with Crippen LogP contribution in [0.2, 0.25) is 0 Å². The fraction of sp³-hybridized carbons (Fsp3) is 0.217. The molecule has 0 aliphatic carbocycles. The summed E-state index contributed by atoms with van der Waals surface area (Å²) in [5, 5.41) is 15.4. The Morgan fingerprint density at radius 3 is 2.60 bits per heavy atom. The highest BCUT2D eigenvalue weighted by Crippen LogP contribution is 2.37. The van der Waals surface area contributed by atoms with E-state index in [9.17, 15) is 13.2 Å². The minimum atomic E-state index is -4.09. The van der Waals surface area contributed by atoms with Gasteiger partial charge in [0.05, 0.1) is 16.3 Å². The average Bonchev–Trinajstić information content (AvgIpc) is 3.21. The molecule has 0 radical (unpaired) electrons. The first-order chi connectivity index (χ1) is 16.6. The second kappa shape index (κ2) is 10.1. The molecule has 0 aromatic heterocycles. The zero-order valence-electron chi connectivity index (χ0n) is 19.0. The van der Waals surface area contributed by atoms with Crippen LogP contribution in [0.1, 0.15) is 30.9 Å². The molecule has 4 rings (SSSR count). The van der Waals surface area contributed by atoms with Crippen LogP contribution in [-0.4, -0.2) is 42.5 Å². The maximum atomic E-state index is 12.8. The Balaban J connectivity index is 1.66. The summed E-state index contributed by atoms with van der Waals surface area (Å²) in [4.78, 5) is 16.8. The van der Waals surface area contributed by atoms with Crippen LogP contribution < -0.4 is 8.92 Å². The van der Waals surface area contributed by atoms with E-state index >= 15 is 0 Å². The first kappa shape index (κ1) is 25.4. The number of methoxy groups -OCH3 is 1. The summed E-state index contributed by atoms with van der Waals surface area (Å²) in [5.74, 6) is -0.419. The van der Waals surface area contributed by atoms with E-state index in [4.69, 9.17) is 14.3 Å². The number of carbonyl (C=O) groups excluding carboxylic acids is 1. The molecular formula is C23H21IN4O5S2. The smallest absolute Gasteiger partial charge is 0.339 e. The first-order valence-electron chi connectivity index (χ1n) is 10.5. The number of nitrogens with zero attached hydrogens (tertiary/aromatic N) is 3. The van der Waals surface area contributed by atoms with E-state index in [1.165, 1.54) is 42.1 Å². The summed E-state index contributed by atoms with van der Waals surface area (Å²) in [6.45, 7) is 3.89. The number of hydrazone groups is 1. The summed E-state index contributed by atoms with van der Waals surface area (Å²) in [6, 6.07) is 9.50. The van der Waals surface area contributed by atoms with Crippen molar-refractivity contribution >= 4 is 72.5 Å². The third-order valence-electron chi connectivity index (χ3n) is 5.03. The Kier molecular flexibility index (Phi) is 7.33. The van der Waals surface area contributed by atoms with E-state index in [-0.39, 0.29) is 27.8 Å². The molecule has 0 fully saturated rings. The van der Waals surface area contributed by atoms with Crippen LogP contribution in [-0.2, 0) is 14.9 Å². The summed E-state index contributed by atoms with van der Waals surface area (Å²) in [7, 11) is -2.70. The predicted octanol–water partition coefficient (Wildman–Crippen LogP) is 4.80. The van der Waals surface area contributed by atoms with Gasteiger partial charge in [-0.15, -0.1) is 0 Å². The lowest BCUT2D eigenvalue weighted by Crippen LogP contribution is -2.35. The highest BCUT2D eigenvalue weighted by molar-refractivity contribution is 14.1. The number of aryl methyl sites for hydroxylation is 1. The summed E-state index contributed by atoms with van der Waals surface area (Å²) >= 11 is 3.23. The van der Waals surface area contributed by atoms with Gasteiger partial charge >= 0.3 is 10.1 Å². The number of aliphatic imine (C=N–C) groups is 1. The van der Waals surface area contributed by atoms with Crippen LogP contribution in [0, 0.1) is 15.9 Å². The minimum Gasteiger partial charge on any atom is -0.493 e. The lowest BCUT2D eigenvalue weighted by Gasteiger charge is -2.20. The lowest BCUT2D eigenvalue weighted by atomic mass is 10.1. The molecule has 0 saturated carbocycles. The van der Waals surface area contributed by atoms with Gasteiger partial charge in [-0.2, -0.15) is 23.5 Å². The molecule has 1 amide bonds. The largest absolute Gasteiger partial charge is 0.493 e. The quantitative estimate of drug-likeness (QED) is 0.267. The number of halogens is 1. The minimum absolute atomic E-state index is 0.0218. The summed E-state index contributed by atoms with van der Waals surface area (Å²) in [6.07, 6.45) is 3.14. The second-order valence-electron chi connectivity index (χ2n) is 7.65. The van der Waals surface area contributed by atoms with E-state index in [1.807, 2.05) is 36.4 Å². The molecule has 0 spiro atoms. The fourth-order valence-corrected chi connectivity index (χ4v) is 6.11. The zero-order valence-corrected chi connectivity index (χ0v) is 22.8. The van der Waals surface area contributed by atoms with Crippen molar-refractivity contribution in [3.63, 3.8) is 0 Å². The van der Waals surface area contributed by atoms with Crippen LogP contribution >= 0.6 is 34.4 Å². The number of amides is 1. The van der Waals surface area contributed by atoms with Crippen LogP contribution in [0.3, 0.4) is 0 Å². The number of hydrogen-bond acceptors (Lipinski definition) is 8. The molecular weight excluding hydrogens is 603 g/mol. The van der Waals surface area contributed by atoms with Gasteiger partial charge in [-0.05, 0) is 90.0 Å². The number of ether oxygens (including phenoxy) is 1. The molecule has 0 unspecified atom stereocenters. The van der Waals surface area contributed by atoms with Gasteiger partial charge in [0.2, 0.25) is 5.17 Å². The number of benzene rings is 2. The number of carbonyl (C=O) groups is 1. The van der Waals surface area contributed by atoms with Gasteiger partial charge in [0.1, 0.15) is 9.94 Å². The Morgan fingerprint density at radius 1 is 1.23 bits per heavy atom. The zero-order chi connectivity index (χ0) is 25.3. The van der Waals surface area contributed by atoms with E-state index in [0.29, 0.717) is 14.3 Å². The van der Waals surface area contributed by atoms with E-state index in [1.54, 1.807) is 24.3 Å². The standard InChI is InChI=1S/C23H21IN4O5S2/c1-4-5-19-27-28-21(25)16(22(29)26-23(28)34-19)10-14-11-17(24)20(18(12-14)32-3)33-35(30,31)15-8-6-13(2)7-9-15/h6-12,25H,4-5H2,1-3H3/b16-10+,25-21?. The Hall–Kier alpha value is -2.71. The van der Waals surface area contributed by atoms with Gasteiger partial charge in [0.15, 0.2) is 17.3 Å². The van der Waals surface area contributed by atoms with Crippen LogP contribution in [0.25, 0.3) is 6.08 Å². The molecule has 0 bridgehead atoms. The molecule has 2 aliphatic rings. The maximum absolute atomic E-state index is 12.8. The summed E-state index contributed by atoms with van der Waals surface area (Å²) < 4.78 is 36.9. The molecule has 35 heavy (non-hydrogen) atoms. The molecule has 2 aromatic rings. The molecule has 12 heteroatoms. The van der Waals surface area contributed by atoms with Gasteiger partial charge in [-0.1, -0.05) is 24.6 Å². The second-order valence-corrected chi connectivity index (χ2v) is 11.4. The van der Waals surface area contributed by atoms with Gasteiger partial charge < -0.3 is 8.92 Å². The third kappa shape index (κ3) is 5.28. The van der Waals surface area contributed by atoms with Crippen molar-refractivity contribution in [1.29, 1.82) is 5.41 Å².